The molecule has 0 N–H and O–H groups in total. The quantitative estimate of drug-likeness (QED) is 0.805. The van der Waals surface area contributed by atoms with Crippen molar-refractivity contribution in [3.05, 3.63) is 24.5 Å². The molecule has 4 saturated carbocycles. The molecule has 4 heteroatoms. The molecule has 4 nitrogen and oxygen atoms in total. The second-order valence-corrected chi connectivity index (χ2v) is 10.2. The number of amides is 1. The Balaban J connectivity index is 1.20. The fourth-order valence-corrected chi connectivity index (χ4v) is 7.81. The lowest BCUT2D eigenvalue weighted by Gasteiger charge is -2.57. The molecule has 6 fully saturated rings. The molecule has 1 amide bonds. The van der Waals surface area contributed by atoms with Crippen molar-refractivity contribution < 1.29 is 9.53 Å². The standard InChI is InChI=1S/C23H30N2O2/c26-22(23-12-15-7-16(13-23)9-17(8-15)14-23)25-18-1-2-19(25)11-21(10-18)27-20-3-5-24-6-4-20/h3-6,15-19,21H,1-2,7-14H2. The van der Waals surface area contributed by atoms with E-state index in [1.807, 2.05) is 12.1 Å². The number of hydrogen-bond donors (Lipinski definition) is 0. The summed E-state index contributed by atoms with van der Waals surface area (Å²) in [6.45, 7) is 0. The summed E-state index contributed by atoms with van der Waals surface area (Å²) in [7, 11) is 0. The number of pyridine rings is 1. The first-order valence-corrected chi connectivity index (χ1v) is 11.1. The maximum Gasteiger partial charge on any atom is 0.229 e. The summed E-state index contributed by atoms with van der Waals surface area (Å²) < 4.78 is 6.24. The zero-order valence-corrected chi connectivity index (χ0v) is 16.1. The molecule has 1 aromatic heterocycles. The second kappa shape index (κ2) is 5.96. The van der Waals surface area contributed by atoms with E-state index in [9.17, 15) is 4.79 Å². The van der Waals surface area contributed by atoms with Crippen LogP contribution in [0.25, 0.3) is 0 Å². The summed E-state index contributed by atoms with van der Waals surface area (Å²) in [5.74, 6) is 3.97. The molecule has 2 atom stereocenters. The van der Waals surface area contributed by atoms with Gasteiger partial charge in [0.1, 0.15) is 11.9 Å². The zero-order valence-electron chi connectivity index (χ0n) is 16.1. The molecule has 0 aromatic carbocycles. The minimum atomic E-state index is 0.00832. The number of rotatable bonds is 3. The summed E-state index contributed by atoms with van der Waals surface area (Å²) in [5.41, 5.74) is 0.00832. The molecule has 6 bridgehead atoms. The Labute approximate surface area is 161 Å². The average Bonchev–Trinajstić information content (AvgIpc) is 2.91. The van der Waals surface area contributed by atoms with E-state index in [-0.39, 0.29) is 11.5 Å². The number of piperidine rings is 1. The van der Waals surface area contributed by atoms with Crippen LogP contribution in [0.2, 0.25) is 0 Å². The topological polar surface area (TPSA) is 42.4 Å². The van der Waals surface area contributed by atoms with Crippen LogP contribution in [-0.2, 0) is 4.79 Å². The molecule has 0 spiro atoms. The first-order valence-electron chi connectivity index (χ1n) is 11.1. The van der Waals surface area contributed by atoms with Crippen LogP contribution >= 0.6 is 0 Å². The Morgan fingerprint density at radius 2 is 1.48 bits per heavy atom. The lowest BCUT2D eigenvalue weighted by atomic mass is 9.49. The van der Waals surface area contributed by atoms with Gasteiger partial charge in [-0.2, -0.15) is 0 Å². The third-order valence-corrected chi connectivity index (χ3v) is 8.37. The Kier molecular flexibility index (Phi) is 3.61. The van der Waals surface area contributed by atoms with Crippen LogP contribution in [0.5, 0.6) is 5.75 Å². The van der Waals surface area contributed by atoms with E-state index in [0.29, 0.717) is 18.0 Å². The van der Waals surface area contributed by atoms with Crippen LogP contribution < -0.4 is 4.74 Å². The first kappa shape index (κ1) is 16.4. The molecule has 1 aromatic rings. The number of nitrogens with zero attached hydrogens (tertiary/aromatic N) is 2. The van der Waals surface area contributed by atoms with Gasteiger partial charge in [0.25, 0.3) is 0 Å². The van der Waals surface area contributed by atoms with Gasteiger partial charge in [0.15, 0.2) is 0 Å². The van der Waals surface area contributed by atoms with Crippen molar-refractivity contribution in [1.29, 1.82) is 0 Å². The molecule has 4 aliphatic carbocycles. The van der Waals surface area contributed by atoms with Gasteiger partial charge in [0.05, 0.1) is 5.41 Å². The van der Waals surface area contributed by atoms with E-state index in [0.717, 1.165) is 36.3 Å². The van der Waals surface area contributed by atoms with Crippen molar-refractivity contribution >= 4 is 5.91 Å². The molecule has 3 heterocycles. The Hall–Kier alpha value is -1.58. The van der Waals surface area contributed by atoms with Crippen LogP contribution in [-0.4, -0.2) is 34.0 Å². The molecule has 27 heavy (non-hydrogen) atoms. The summed E-state index contributed by atoms with van der Waals surface area (Å²) in [6, 6.07) is 4.68. The van der Waals surface area contributed by atoms with Gasteiger partial charge in [-0.1, -0.05) is 0 Å². The van der Waals surface area contributed by atoms with Gasteiger partial charge in [-0.15, -0.1) is 0 Å². The molecule has 0 radical (unpaired) electrons. The molecule has 6 aliphatic rings. The minimum Gasteiger partial charge on any atom is -0.490 e. The van der Waals surface area contributed by atoms with Crippen molar-refractivity contribution in [2.24, 2.45) is 23.2 Å². The summed E-state index contributed by atoms with van der Waals surface area (Å²) >= 11 is 0. The largest absolute Gasteiger partial charge is 0.490 e. The van der Waals surface area contributed by atoms with Gasteiger partial charge in [-0.3, -0.25) is 9.78 Å². The predicted molar refractivity (Wildman–Crippen MR) is 102 cm³/mol. The van der Waals surface area contributed by atoms with Crippen LogP contribution in [0, 0.1) is 23.2 Å². The fourth-order valence-electron chi connectivity index (χ4n) is 7.81. The van der Waals surface area contributed by atoms with E-state index >= 15 is 0 Å². The summed E-state index contributed by atoms with van der Waals surface area (Å²) in [6.07, 6.45) is 15.9. The van der Waals surface area contributed by atoms with Crippen LogP contribution in [0.3, 0.4) is 0 Å². The van der Waals surface area contributed by atoms with Crippen molar-refractivity contribution in [3.63, 3.8) is 0 Å². The monoisotopic (exact) mass is 366 g/mol. The summed E-state index contributed by atoms with van der Waals surface area (Å²) in [5, 5.41) is 0. The number of hydrogen-bond acceptors (Lipinski definition) is 3. The zero-order chi connectivity index (χ0) is 18.0. The van der Waals surface area contributed by atoms with E-state index in [1.54, 1.807) is 12.4 Å². The average molecular weight is 367 g/mol. The lowest BCUT2D eigenvalue weighted by Crippen LogP contribution is -2.59. The number of carbonyl (C=O) groups is 1. The summed E-state index contributed by atoms with van der Waals surface area (Å²) in [4.78, 5) is 20.3. The molecule has 7 rings (SSSR count). The SMILES string of the molecule is O=C(N1C2CCC1CC(Oc1ccncc1)C2)C12CC3CC(CC(C3)C1)C2. The highest BCUT2D eigenvalue weighted by Gasteiger charge is 2.58. The van der Waals surface area contributed by atoms with E-state index in [4.69, 9.17) is 4.74 Å². The maximum atomic E-state index is 13.9. The fraction of sp³-hybridized carbons (Fsp3) is 0.739. The molecule has 2 aliphatic heterocycles. The van der Waals surface area contributed by atoms with Crippen molar-refractivity contribution in [2.75, 3.05) is 0 Å². The highest BCUT2D eigenvalue weighted by atomic mass is 16.5. The number of aromatic nitrogens is 1. The molecule has 2 saturated heterocycles. The first-order chi connectivity index (χ1) is 13.2. The van der Waals surface area contributed by atoms with Gasteiger partial charge in [-0.25, -0.2) is 0 Å². The molecule has 144 valence electrons. The van der Waals surface area contributed by atoms with Crippen LogP contribution in [0.15, 0.2) is 24.5 Å². The maximum absolute atomic E-state index is 13.9. The third-order valence-electron chi connectivity index (χ3n) is 8.37. The Morgan fingerprint density at radius 3 is 2.04 bits per heavy atom. The van der Waals surface area contributed by atoms with Crippen molar-refractivity contribution in [1.82, 2.24) is 9.88 Å². The van der Waals surface area contributed by atoms with Crippen LogP contribution in [0.4, 0.5) is 0 Å². The smallest absolute Gasteiger partial charge is 0.229 e. The van der Waals surface area contributed by atoms with E-state index in [1.165, 1.54) is 51.4 Å². The van der Waals surface area contributed by atoms with Crippen molar-refractivity contribution in [2.45, 2.75) is 82.4 Å². The number of fused-ring (bicyclic) bond motifs is 2. The van der Waals surface area contributed by atoms with E-state index < -0.39 is 0 Å². The van der Waals surface area contributed by atoms with Crippen molar-refractivity contribution in [3.8, 4) is 5.75 Å². The third kappa shape index (κ3) is 2.62. The highest BCUT2D eigenvalue weighted by Crippen LogP contribution is 2.61. The lowest BCUT2D eigenvalue weighted by molar-refractivity contribution is -0.163. The Bertz CT molecular complexity index is 684. The minimum absolute atomic E-state index is 0.00832. The van der Waals surface area contributed by atoms with E-state index in [2.05, 4.69) is 9.88 Å². The molecular weight excluding hydrogens is 336 g/mol. The Morgan fingerprint density at radius 1 is 0.926 bits per heavy atom. The molecular formula is C23H30N2O2. The van der Waals surface area contributed by atoms with Gasteiger partial charge in [0.2, 0.25) is 5.91 Å². The van der Waals surface area contributed by atoms with Gasteiger partial charge >= 0.3 is 0 Å². The second-order valence-electron chi connectivity index (χ2n) is 10.2. The highest BCUT2D eigenvalue weighted by molar-refractivity contribution is 5.84. The van der Waals surface area contributed by atoms with Gasteiger partial charge < -0.3 is 9.64 Å². The number of ether oxygens (including phenoxy) is 1. The van der Waals surface area contributed by atoms with Gasteiger partial charge in [-0.05, 0) is 81.3 Å². The van der Waals surface area contributed by atoms with Gasteiger partial charge in [0, 0.05) is 37.3 Å². The predicted octanol–water partition coefficient (Wildman–Crippen LogP) is 4.20. The number of carbonyl (C=O) groups excluding carboxylic acids is 1. The molecule has 2 unspecified atom stereocenters. The van der Waals surface area contributed by atoms with Crippen LogP contribution in [0.1, 0.15) is 64.2 Å². The normalized spacial score (nSPS) is 44.5.